The second-order valence-corrected chi connectivity index (χ2v) is 5.25. The first-order valence-electron chi connectivity index (χ1n) is 5.42. The van der Waals surface area contributed by atoms with Crippen LogP contribution in [-0.2, 0) is 5.54 Å². The zero-order valence-corrected chi connectivity index (χ0v) is 11.3. The van der Waals surface area contributed by atoms with Crippen LogP contribution in [0.5, 0.6) is 0 Å². The van der Waals surface area contributed by atoms with Gasteiger partial charge in [0.25, 0.3) is 0 Å². The second-order valence-electron chi connectivity index (χ2n) is 4.34. The minimum absolute atomic E-state index is 0.531. The first-order chi connectivity index (χ1) is 8.41. The Morgan fingerprint density at radius 2 is 1.50 bits per heavy atom. The van der Waals surface area contributed by atoms with E-state index >= 15 is 0 Å². The van der Waals surface area contributed by atoms with Crippen LogP contribution in [0.3, 0.4) is 0 Å². The summed E-state index contributed by atoms with van der Waals surface area (Å²) in [7, 11) is 0. The number of nitrogens with two attached hydrogens (primary N) is 1. The standard InChI is InChI=1S/C14H12BrF2N/c1-14(18,9-2-5-11(15)6-3-9)10-4-7-12(16)13(17)8-10/h2-8H,18H2,1H3. The van der Waals surface area contributed by atoms with E-state index in [1.807, 2.05) is 24.3 Å². The van der Waals surface area contributed by atoms with Crippen molar-refractivity contribution in [2.75, 3.05) is 0 Å². The van der Waals surface area contributed by atoms with E-state index in [0.29, 0.717) is 5.56 Å². The normalized spacial score (nSPS) is 14.3. The van der Waals surface area contributed by atoms with Gasteiger partial charge in [-0.2, -0.15) is 0 Å². The summed E-state index contributed by atoms with van der Waals surface area (Å²) in [6, 6.07) is 11.2. The van der Waals surface area contributed by atoms with Gasteiger partial charge in [0, 0.05) is 4.47 Å². The molecule has 2 N–H and O–H groups in total. The number of benzene rings is 2. The Hall–Kier alpha value is -1.26. The van der Waals surface area contributed by atoms with Crippen LogP contribution < -0.4 is 5.73 Å². The Kier molecular flexibility index (Phi) is 3.50. The third-order valence-corrected chi connectivity index (χ3v) is 3.49. The van der Waals surface area contributed by atoms with Crippen LogP contribution in [-0.4, -0.2) is 0 Å². The van der Waals surface area contributed by atoms with Crippen molar-refractivity contribution in [3.63, 3.8) is 0 Å². The van der Waals surface area contributed by atoms with Crippen LogP contribution in [0.25, 0.3) is 0 Å². The summed E-state index contributed by atoms with van der Waals surface area (Å²) in [5.41, 5.74) is 6.72. The molecule has 0 heterocycles. The van der Waals surface area contributed by atoms with E-state index in [4.69, 9.17) is 5.73 Å². The number of halogens is 3. The third-order valence-electron chi connectivity index (χ3n) is 2.96. The number of rotatable bonds is 2. The van der Waals surface area contributed by atoms with Crippen molar-refractivity contribution < 1.29 is 8.78 Å². The lowest BCUT2D eigenvalue weighted by molar-refractivity contribution is 0.500. The van der Waals surface area contributed by atoms with Crippen molar-refractivity contribution >= 4 is 15.9 Å². The van der Waals surface area contributed by atoms with E-state index in [0.717, 1.165) is 22.2 Å². The van der Waals surface area contributed by atoms with Crippen LogP contribution in [0.2, 0.25) is 0 Å². The average Bonchev–Trinajstić information content (AvgIpc) is 2.33. The Morgan fingerprint density at radius 1 is 0.944 bits per heavy atom. The smallest absolute Gasteiger partial charge is 0.159 e. The molecule has 0 radical (unpaired) electrons. The molecule has 0 aromatic heterocycles. The molecule has 0 aliphatic carbocycles. The molecule has 4 heteroatoms. The molecule has 1 nitrogen and oxygen atoms in total. The van der Waals surface area contributed by atoms with Crippen LogP contribution >= 0.6 is 15.9 Å². The van der Waals surface area contributed by atoms with Gasteiger partial charge < -0.3 is 5.73 Å². The average molecular weight is 312 g/mol. The molecule has 0 saturated carbocycles. The first kappa shape index (κ1) is 13.2. The molecule has 0 fully saturated rings. The second kappa shape index (κ2) is 4.78. The van der Waals surface area contributed by atoms with Crippen molar-refractivity contribution in [1.82, 2.24) is 0 Å². The lowest BCUT2D eigenvalue weighted by Crippen LogP contribution is -2.34. The lowest BCUT2D eigenvalue weighted by atomic mass is 9.86. The fourth-order valence-corrected chi connectivity index (χ4v) is 2.05. The van der Waals surface area contributed by atoms with Gasteiger partial charge in [-0.3, -0.25) is 0 Å². The van der Waals surface area contributed by atoms with Crippen molar-refractivity contribution in [3.05, 3.63) is 69.7 Å². The van der Waals surface area contributed by atoms with Crippen LogP contribution in [0, 0.1) is 11.6 Å². The number of hydrogen-bond donors (Lipinski definition) is 1. The molecule has 0 amide bonds. The summed E-state index contributed by atoms with van der Waals surface area (Å²) in [6.07, 6.45) is 0. The molecule has 0 saturated heterocycles. The highest BCUT2D eigenvalue weighted by molar-refractivity contribution is 9.10. The van der Waals surface area contributed by atoms with Gasteiger partial charge in [-0.1, -0.05) is 34.1 Å². The third kappa shape index (κ3) is 2.44. The van der Waals surface area contributed by atoms with E-state index in [2.05, 4.69) is 15.9 Å². The van der Waals surface area contributed by atoms with Crippen LogP contribution in [0.4, 0.5) is 8.78 Å². The Morgan fingerprint density at radius 3 is 2.06 bits per heavy atom. The molecule has 2 aromatic rings. The fourth-order valence-electron chi connectivity index (χ4n) is 1.78. The zero-order valence-electron chi connectivity index (χ0n) is 9.75. The first-order valence-corrected chi connectivity index (χ1v) is 6.21. The maximum absolute atomic E-state index is 13.3. The topological polar surface area (TPSA) is 26.0 Å². The predicted molar refractivity (Wildman–Crippen MR) is 71.1 cm³/mol. The summed E-state index contributed by atoms with van der Waals surface area (Å²) in [6.45, 7) is 1.77. The van der Waals surface area contributed by atoms with Gasteiger partial charge in [0.15, 0.2) is 11.6 Å². The molecule has 94 valence electrons. The van der Waals surface area contributed by atoms with Crippen molar-refractivity contribution in [3.8, 4) is 0 Å². The van der Waals surface area contributed by atoms with E-state index in [1.54, 1.807) is 6.92 Å². The highest BCUT2D eigenvalue weighted by atomic mass is 79.9. The van der Waals surface area contributed by atoms with Gasteiger partial charge in [0.05, 0.1) is 5.54 Å². The Labute approximate surface area is 113 Å². The summed E-state index contributed by atoms with van der Waals surface area (Å²) in [5.74, 6) is -1.76. The van der Waals surface area contributed by atoms with Gasteiger partial charge in [0.2, 0.25) is 0 Å². The molecule has 0 bridgehead atoms. The molecule has 0 spiro atoms. The monoisotopic (exact) mass is 311 g/mol. The molecule has 1 unspecified atom stereocenters. The van der Waals surface area contributed by atoms with E-state index < -0.39 is 17.2 Å². The molecule has 1 atom stereocenters. The summed E-state index contributed by atoms with van der Waals surface area (Å²) in [4.78, 5) is 0. The lowest BCUT2D eigenvalue weighted by Gasteiger charge is -2.26. The molecular weight excluding hydrogens is 300 g/mol. The summed E-state index contributed by atoms with van der Waals surface area (Å²) < 4.78 is 27.1. The maximum atomic E-state index is 13.3. The van der Waals surface area contributed by atoms with Crippen molar-refractivity contribution in [1.29, 1.82) is 0 Å². The molecule has 0 aliphatic heterocycles. The SMILES string of the molecule is CC(N)(c1ccc(Br)cc1)c1ccc(F)c(F)c1. The molecule has 2 aromatic carbocycles. The summed E-state index contributed by atoms with van der Waals surface area (Å²) in [5, 5.41) is 0. The Balaban J connectivity index is 2.46. The van der Waals surface area contributed by atoms with Gasteiger partial charge in [-0.15, -0.1) is 0 Å². The van der Waals surface area contributed by atoms with Gasteiger partial charge in [-0.25, -0.2) is 8.78 Å². The highest BCUT2D eigenvalue weighted by Gasteiger charge is 2.24. The zero-order chi connectivity index (χ0) is 13.3. The minimum Gasteiger partial charge on any atom is -0.318 e. The Bertz CT molecular complexity index is 565. The fraction of sp³-hybridized carbons (Fsp3) is 0.143. The van der Waals surface area contributed by atoms with Crippen molar-refractivity contribution in [2.45, 2.75) is 12.5 Å². The molecule has 2 rings (SSSR count). The van der Waals surface area contributed by atoms with Gasteiger partial charge in [0.1, 0.15) is 0 Å². The van der Waals surface area contributed by atoms with Crippen LogP contribution in [0.1, 0.15) is 18.1 Å². The van der Waals surface area contributed by atoms with E-state index in [-0.39, 0.29) is 0 Å². The highest BCUT2D eigenvalue weighted by Crippen LogP contribution is 2.28. The quantitative estimate of drug-likeness (QED) is 0.893. The maximum Gasteiger partial charge on any atom is 0.159 e. The summed E-state index contributed by atoms with van der Waals surface area (Å²) >= 11 is 3.34. The molecule has 18 heavy (non-hydrogen) atoms. The van der Waals surface area contributed by atoms with E-state index in [9.17, 15) is 8.78 Å². The minimum atomic E-state index is -0.888. The molecule has 0 aliphatic rings. The largest absolute Gasteiger partial charge is 0.318 e. The van der Waals surface area contributed by atoms with Gasteiger partial charge in [-0.05, 0) is 42.3 Å². The van der Waals surface area contributed by atoms with Crippen molar-refractivity contribution in [2.24, 2.45) is 5.73 Å². The predicted octanol–water partition coefficient (Wildman–Crippen LogP) is 3.95. The van der Waals surface area contributed by atoms with Crippen LogP contribution in [0.15, 0.2) is 46.9 Å². The van der Waals surface area contributed by atoms with Gasteiger partial charge >= 0.3 is 0 Å². The molecular formula is C14H12BrF2N. The van der Waals surface area contributed by atoms with E-state index in [1.165, 1.54) is 6.07 Å². The number of hydrogen-bond acceptors (Lipinski definition) is 1.